The van der Waals surface area contributed by atoms with E-state index in [9.17, 15) is 4.79 Å². The Morgan fingerprint density at radius 1 is 1.30 bits per heavy atom. The van der Waals surface area contributed by atoms with E-state index in [0.717, 1.165) is 17.5 Å². The van der Waals surface area contributed by atoms with Gasteiger partial charge in [-0.2, -0.15) is 0 Å². The molecule has 1 N–H and O–H groups in total. The van der Waals surface area contributed by atoms with E-state index in [1.54, 1.807) is 19.2 Å². The zero-order chi connectivity index (χ0) is 15.0. The van der Waals surface area contributed by atoms with E-state index in [1.807, 2.05) is 26.0 Å². The first kappa shape index (κ1) is 17.0. The fourth-order valence-electron chi connectivity index (χ4n) is 1.76. The molecule has 1 amide bonds. The molecule has 20 heavy (non-hydrogen) atoms. The highest BCUT2D eigenvalue weighted by atomic mass is 79.9. The fourth-order valence-corrected chi connectivity index (χ4v) is 2.31. The molecule has 1 unspecified atom stereocenters. The van der Waals surface area contributed by atoms with Crippen LogP contribution in [0.4, 0.5) is 0 Å². The molecule has 0 aromatic heterocycles. The smallest absolute Gasteiger partial charge is 0.251 e. The summed E-state index contributed by atoms with van der Waals surface area (Å²) >= 11 is 3.38. The highest BCUT2D eigenvalue weighted by molar-refractivity contribution is 9.09. The highest BCUT2D eigenvalue weighted by Gasteiger charge is 2.13. The van der Waals surface area contributed by atoms with Crippen LogP contribution in [0.25, 0.3) is 0 Å². The van der Waals surface area contributed by atoms with E-state index in [0.29, 0.717) is 12.2 Å². The second-order valence-corrected chi connectivity index (χ2v) is 5.59. The molecule has 1 aromatic carbocycles. The van der Waals surface area contributed by atoms with Gasteiger partial charge in [-0.1, -0.05) is 15.9 Å². The highest BCUT2D eigenvalue weighted by Crippen LogP contribution is 2.14. The van der Waals surface area contributed by atoms with Crippen molar-refractivity contribution in [3.8, 4) is 5.75 Å². The zero-order valence-corrected chi connectivity index (χ0v) is 13.8. The average molecular weight is 344 g/mol. The van der Waals surface area contributed by atoms with Gasteiger partial charge < -0.3 is 14.8 Å². The van der Waals surface area contributed by atoms with Crippen LogP contribution < -0.4 is 10.1 Å². The van der Waals surface area contributed by atoms with Crippen molar-refractivity contribution in [1.82, 2.24) is 5.32 Å². The maximum absolute atomic E-state index is 12.1. The van der Waals surface area contributed by atoms with Gasteiger partial charge in [0.05, 0.1) is 18.8 Å². The van der Waals surface area contributed by atoms with Crippen LogP contribution in [0, 0.1) is 0 Å². The molecule has 5 heteroatoms. The van der Waals surface area contributed by atoms with Gasteiger partial charge in [0.15, 0.2) is 0 Å². The molecule has 112 valence electrons. The third-order valence-electron chi connectivity index (χ3n) is 2.65. The van der Waals surface area contributed by atoms with E-state index in [4.69, 9.17) is 9.47 Å². The largest absolute Gasteiger partial charge is 0.491 e. The molecule has 0 aliphatic heterocycles. The van der Waals surface area contributed by atoms with Crippen LogP contribution in [0.3, 0.4) is 0 Å². The number of hydrogen-bond acceptors (Lipinski definition) is 3. The van der Waals surface area contributed by atoms with Gasteiger partial charge in [0.2, 0.25) is 0 Å². The number of carbonyl (C=O) groups excluding carboxylic acids is 1. The fraction of sp³-hybridized carbons (Fsp3) is 0.533. The summed E-state index contributed by atoms with van der Waals surface area (Å²) in [4.78, 5) is 12.1. The SMILES string of the molecule is COCC(CCBr)NC(=O)c1ccc(OC(C)C)cc1. The Balaban J connectivity index is 2.62. The van der Waals surface area contributed by atoms with Gasteiger partial charge >= 0.3 is 0 Å². The van der Waals surface area contributed by atoms with Gasteiger partial charge in [0.25, 0.3) is 5.91 Å². The van der Waals surface area contributed by atoms with Crippen molar-refractivity contribution in [1.29, 1.82) is 0 Å². The van der Waals surface area contributed by atoms with Crippen molar-refractivity contribution in [3.63, 3.8) is 0 Å². The molecular formula is C15H22BrNO3. The first-order chi connectivity index (χ1) is 9.56. The third kappa shape index (κ3) is 5.92. The van der Waals surface area contributed by atoms with Gasteiger partial charge in [-0.05, 0) is 44.5 Å². The molecule has 0 spiro atoms. The molecule has 1 aromatic rings. The number of benzene rings is 1. The Morgan fingerprint density at radius 3 is 2.45 bits per heavy atom. The molecule has 0 fully saturated rings. The molecule has 0 saturated heterocycles. The third-order valence-corrected chi connectivity index (χ3v) is 3.11. The van der Waals surface area contributed by atoms with E-state index in [2.05, 4.69) is 21.2 Å². The lowest BCUT2D eigenvalue weighted by Gasteiger charge is -2.17. The van der Waals surface area contributed by atoms with Crippen LogP contribution in [0.2, 0.25) is 0 Å². The maximum Gasteiger partial charge on any atom is 0.251 e. The van der Waals surface area contributed by atoms with Crippen LogP contribution in [-0.4, -0.2) is 37.1 Å². The number of ether oxygens (including phenoxy) is 2. The molecule has 1 rings (SSSR count). The summed E-state index contributed by atoms with van der Waals surface area (Å²) in [5, 5.41) is 3.78. The minimum absolute atomic E-state index is 0.0125. The van der Waals surface area contributed by atoms with Gasteiger partial charge in [-0.25, -0.2) is 0 Å². The van der Waals surface area contributed by atoms with Crippen molar-refractivity contribution in [2.75, 3.05) is 19.0 Å². The lowest BCUT2D eigenvalue weighted by atomic mass is 10.1. The van der Waals surface area contributed by atoms with E-state index >= 15 is 0 Å². The summed E-state index contributed by atoms with van der Waals surface area (Å²) < 4.78 is 10.6. The van der Waals surface area contributed by atoms with Crippen LogP contribution in [0.15, 0.2) is 24.3 Å². The molecular weight excluding hydrogens is 322 g/mol. The van der Waals surface area contributed by atoms with E-state index < -0.39 is 0 Å². The Kier molecular flexibility index (Phi) is 7.62. The van der Waals surface area contributed by atoms with Gasteiger partial charge in [-0.3, -0.25) is 4.79 Å². The topological polar surface area (TPSA) is 47.6 Å². The number of rotatable bonds is 8. The second kappa shape index (κ2) is 8.97. The van der Waals surface area contributed by atoms with Gasteiger partial charge in [0.1, 0.15) is 5.75 Å². The predicted molar refractivity (Wildman–Crippen MR) is 83.7 cm³/mol. The molecule has 4 nitrogen and oxygen atoms in total. The summed E-state index contributed by atoms with van der Waals surface area (Å²) in [5.74, 6) is 0.676. The number of hydrogen-bond donors (Lipinski definition) is 1. The summed E-state index contributed by atoms with van der Waals surface area (Å²) in [6.45, 7) is 4.44. The summed E-state index contributed by atoms with van der Waals surface area (Å²) in [5.41, 5.74) is 0.622. The van der Waals surface area contributed by atoms with Gasteiger partial charge in [0, 0.05) is 18.0 Å². The first-order valence-corrected chi connectivity index (χ1v) is 7.81. The van der Waals surface area contributed by atoms with Crippen molar-refractivity contribution in [3.05, 3.63) is 29.8 Å². The lowest BCUT2D eigenvalue weighted by molar-refractivity contribution is 0.0895. The number of carbonyl (C=O) groups is 1. The van der Waals surface area contributed by atoms with Crippen LogP contribution in [0.5, 0.6) is 5.75 Å². The molecule has 0 heterocycles. The van der Waals surface area contributed by atoms with E-state index in [1.165, 1.54) is 0 Å². The van der Waals surface area contributed by atoms with Crippen molar-refractivity contribution < 1.29 is 14.3 Å². The lowest BCUT2D eigenvalue weighted by Crippen LogP contribution is -2.38. The molecule has 0 radical (unpaired) electrons. The number of nitrogens with one attached hydrogen (secondary N) is 1. The summed E-state index contributed by atoms with van der Waals surface area (Å²) in [6.07, 6.45) is 0.952. The molecule has 1 atom stereocenters. The monoisotopic (exact) mass is 343 g/mol. The summed E-state index contributed by atoms with van der Waals surface area (Å²) in [7, 11) is 1.63. The molecule has 0 aliphatic carbocycles. The predicted octanol–water partition coefficient (Wildman–Crippen LogP) is 3.00. The molecule has 0 bridgehead atoms. The van der Waals surface area contributed by atoms with Crippen LogP contribution in [-0.2, 0) is 4.74 Å². The van der Waals surface area contributed by atoms with Crippen LogP contribution >= 0.6 is 15.9 Å². The van der Waals surface area contributed by atoms with Crippen LogP contribution in [0.1, 0.15) is 30.6 Å². The second-order valence-electron chi connectivity index (χ2n) is 4.79. The minimum atomic E-state index is -0.0934. The Morgan fingerprint density at radius 2 is 1.95 bits per heavy atom. The van der Waals surface area contributed by atoms with Crippen molar-refractivity contribution >= 4 is 21.8 Å². The number of alkyl halides is 1. The van der Waals surface area contributed by atoms with Crippen molar-refractivity contribution in [2.45, 2.75) is 32.4 Å². The quantitative estimate of drug-likeness (QED) is 0.738. The Hall–Kier alpha value is -1.07. The Labute approximate surface area is 129 Å². The maximum atomic E-state index is 12.1. The first-order valence-electron chi connectivity index (χ1n) is 6.69. The minimum Gasteiger partial charge on any atom is -0.491 e. The zero-order valence-electron chi connectivity index (χ0n) is 12.2. The Bertz CT molecular complexity index is 400. The average Bonchev–Trinajstić information content (AvgIpc) is 2.39. The van der Waals surface area contributed by atoms with Gasteiger partial charge in [-0.15, -0.1) is 0 Å². The number of methoxy groups -OCH3 is 1. The standard InChI is InChI=1S/C15H22BrNO3/c1-11(2)20-14-6-4-12(5-7-14)15(18)17-13(8-9-16)10-19-3/h4-7,11,13H,8-10H2,1-3H3,(H,17,18). The summed E-state index contributed by atoms with van der Waals surface area (Å²) in [6, 6.07) is 7.17. The molecule has 0 saturated carbocycles. The normalized spacial score (nSPS) is 12.2. The molecule has 0 aliphatic rings. The number of amides is 1. The number of halogens is 1. The van der Waals surface area contributed by atoms with Crippen molar-refractivity contribution in [2.24, 2.45) is 0 Å². The van der Waals surface area contributed by atoms with E-state index in [-0.39, 0.29) is 18.1 Å².